The highest BCUT2D eigenvalue weighted by Crippen LogP contribution is 2.43. The maximum absolute atomic E-state index is 2.37. The highest BCUT2D eigenvalue weighted by molar-refractivity contribution is 7.99. The van der Waals surface area contributed by atoms with Gasteiger partial charge in [0.15, 0.2) is 0 Å². The zero-order valence-electron chi connectivity index (χ0n) is 14.2. The summed E-state index contributed by atoms with van der Waals surface area (Å²) in [5.41, 5.74) is 4.17. The van der Waals surface area contributed by atoms with E-state index in [-0.39, 0.29) is 0 Å². The van der Waals surface area contributed by atoms with Crippen molar-refractivity contribution in [3.05, 3.63) is 106 Å². The topological polar surface area (TPSA) is 0 Å². The predicted molar refractivity (Wildman–Crippen MR) is 113 cm³/mol. The molecule has 2 heteroatoms. The number of rotatable bonds is 5. The normalized spacial score (nSPS) is 12.4. The summed E-state index contributed by atoms with van der Waals surface area (Å²) in [4.78, 5) is 1.44. The van der Waals surface area contributed by atoms with Crippen LogP contribution < -0.4 is 0 Å². The Balaban J connectivity index is 1.71. The SMILES string of the molecule is Cc1ccccc1C(SCc1ccccc1)c1cc2ccccc2s1. The summed E-state index contributed by atoms with van der Waals surface area (Å²) in [6.45, 7) is 2.22. The Morgan fingerprint density at radius 1 is 0.840 bits per heavy atom. The Bertz CT molecular complexity index is 936. The standard InChI is InChI=1S/C23H20S2/c1-17-9-5-7-13-20(17)23(24-16-18-10-3-2-4-11-18)22-15-19-12-6-8-14-21(19)25-22/h2-15,23H,16H2,1H3. The minimum absolute atomic E-state index is 0.374. The van der Waals surface area contributed by atoms with Gasteiger partial charge in [0.25, 0.3) is 0 Å². The first-order valence-corrected chi connectivity index (χ1v) is 10.4. The number of aryl methyl sites for hydroxylation is 1. The molecule has 4 aromatic rings. The molecule has 0 amide bonds. The fourth-order valence-corrected chi connectivity index (χ4v) is 5.73. The number of hydrogen-bond acceptors (Lipinski definition) is 2. The van der Waals surface area contributed by atoms with Gasteiger partial charge in [0.05, 0.1) is 5.25 Å². The molecule has 1 unspecified atom stereocenters. The number of thioether (sulfide) groups is 1. The average Bonchev–Trinajstić information content (AvgIpc) is 3.08. The van der Waals surface area contributed by atoms with E-state index in [2.05, 4.69) is 91.9 Å². The van der Waals surface area contributed by atoms with E-state index >= 15 is 0 Å². The van der Waals surface area contributed by atoms with E-state index in [4.69, 9.17) is 0 Å². The van der Waals surface area contributed by atoms with Gasteiger partial charge in [-0.2, -0.15) is 0 Å². The van der Waals surface area contributed by atoms with Crippen LogP contribution in [0, 0.1) is 6.92 Å². The molecule has 0 aliphatic carbocycles. The van der Waals surface area contributed by atoms with Gasteiger partial charge >= 0.3 is 0 Å². The second-order valence-electron chi connectivity index (χ2n) is 6.22. The summed E-state index contributed by atoms with van der Waals surface area (Å²) in [7, 11) is 0. The van der Waals surface area contributed by atoms with Crippen LogP contribution in [0.3, 0.4) is 0 Å². The molecule has 124 valence electrons. The molecular weight excluding hydrogens is 340 g/mol. The smallest absolute Gasteiger partial charge is 0.0646 e. The quantitative estimate of drug-likeness (QED) is 0.362. The van der Waals surface area contributed by atoms with Crippen LogP contribution in [-0.2, 0) is 5.75 Å². The van der Waals surface area contributed by atoms with Gasteiger partial charge in [0.1, 0.15) is 0 Å². The summed E-state index contributed by atoms with van der Waals surface area (Å²) in [6.07, 6.45) is 0. The van der Waals surface area contributed by atoms with Crippen molar-refractivity contribution < 1.29 is 0 Å². The van der Waals surface area contributed by atoms with E-state index in [9.17, 15) is 0 Å². The minimum atomic E-state index is 0.374. The van der Waals surface area contributed by atoms with Crippen molar-refractivity contribution in [2.45, 2.75) is 17.9 Å². The molecule has 0 bridgehead atoms. The average molecular weight is 361 g/mol. The highest BCUT2D eigenvalue weighted by Gasteiger charge is 2.19. The zero-order chi connectivity index (χ0) is 17.1. The third-order valence-corrected chi connectivity index (χ3v) is 7.10. The molecule has 3 aromatic carbocycles. The van der Waals surface area contributed by atoms with Crippen molar-refractivity contribution in [2.24, 2.45) is 0 Å². The van der Waals surface area contributed by atoms with Gasteiger partial charge in [-0.15, -0.1) is 23.1 Å². The minimum Gasteiger partial charge on any atom is -0.143 e. The summed E-state index contributed by atoms with van der Waals surface area (Å²) in [6, 6.07) is 30.6. The first kappa shape index (κ1) is 16.4. The van der Waals surface area contributed by atoms with E-state index in [0.29, 0.717) is 5.25 Å². The van der Waals surface area contributed by atoms with Gasteiger partial charge in [-0.05, 0) is 41.1 Å². The Hall–Kier alpha value is -2.03. The third-order valence-electron chi connectivity index (χ3n) is 4.43. The van der Waals surface area contributed by atoms with Crippen molar-refractivity contribution in [3.63, 3.8) is 0 Å². The Kier molecular flexibility index (Phi) is 4.91. The van der Waals surface area contributed by atoms with Crippen LogP contribution in [0.25, 0.3) is 10.1 Å². The molecular formula is C23H20S2. The molecule has 1 aromatic heterocycles. The maximum atomic E-state index is 2.37. The summed E-state index contributed by atoms with van der Waals surface area (Å²) >= 11 is 3.94. The first-order valence-electron chi connectivity index (χ1n) is 8.51. The summed E-state index contributed by atoms with van der Waals surface area (Å²) in [5.74, 6) is 1.02. The van der Waals surface area contributed by atoms with Crippen molar-refractivity contribution in [2.75, 3.05) is 0 Å². The second kappa shape index (κ2) is 7.47. The molecule has 0 saturated heterocycles. The molecule has 0 radical (unpaired) electrons. The Morgan fingerprint density at radius 3 is 2.36 bits per heavy atom. The second-order valence-corrected chi connectivity index (χ2v) is 8.43. The lowest BCUT2D eigenvalue weighted by molar-refractivity contribution is 1.15. The lowest BCUT2D eigenvalue weighted by Gasteiger charge is -2.18. The lowest BCUT2D eigenvalue weighted by atomic mass is 10.0. The molecule has 0 spiro atoms. The predicted octanol–water partition coefficient (Wildman–Crippen LogP) is 7.23. The Labute approximate surface area is 157 Å². The van der Waals surface area contributed by atoms with Crippen LogP contribution >= 0.6 is 23.1 Å². The molecule has 25 heavy (non-hydrogen) atoms. The molecule has 0 nitrogen and oxygen atoms in total. The monoisotopic (exact) mass is 360 g/mol. The van der Waals surface area contributed by atoms with Gasteiger partial charge < -0.3 is 0 Å². The number of fused-ring (bicyclic) bond motifs is 1. The van der Waals surface area contributed by atoms with E-state index in [0.717, 1.165) is 5.75 Å². The maximum Gasteiger partial charge on any atom is 0.0646 e. The van der Waals surface area contributed by atoms with Gasteiger partial charge in [0.2, 0.25) is 0 Å². The summed E-state index contributed by atoms with van der Waals surface area (Å²) < 4.78 is 1.37. The zero-order valence-corrected chi connectivity index (χ0v) is 15.8. The van der Waals surface area contributed by atoms with Crippen molar-refractivity contribution in [1.29, 1.82) is 0 Å². The lowest BCUT2D eigenvalue weighted by Crippen LogP contribution is -1.98. The van der Waals surface area contributed by atoms with E-state index < -0.39 is 0 Å². The number of thiophene rings is 1. The van der Waals surface area contributed by atoms with Gasteiger partial charge in [0, 0.05) is 15.3 Å². The van der Waals surface area contributed by atoms with Crippen molar-refractivity contribution >= 4 is 33.2 Å². The van der Waals surface area contributed by atoms with Gasteiger partial charge in [-0.3, -0.25) is 0 Å². The fraction of sp³-hybridized carbons (Fsp3) is 0.130. The highest BCUT2D eigenvalue weighted by atomic mass is 32.2. The molecule has 0 aliphatic heterocycles. The van der Waals surface area contributed by atoms with E-state index in [1.54, 1.807) is 0 Å². The molecule has 1 atom stereocenters. The Morgan fingerprint density at radius 2 is 1.56 bits per heavy atom. The summed E-state index contributed by atoms with van der Waals surface area (Å²) in [5, 5.41) is 1.72. The molecule has 0 fully saturated rings. The number of hydrogen-bond donors (Lipinski definition) is 0. The first-order chi connectivity index (χ1) is 12.3. The van der Waals surface area contributed by atoms with Crippen molar-refractivity contribution in [3.8, 4) is 0 Å². The van der Waals surface area contributed by atoms with Crippen LogP contribution in [-0.4, -0.2) is 0 Å². The van der Waals surface area contributed by atoms with Crippen LogP contribution in [0.4, 0.5) is 0 Å². The fourth-order valence-electron chi connectivity index (χ4n) is 3.09. The van der Waals surface area contributed by atoms with E-state index in [1.165, 1.54) is 31.7 Å². The molecule has 0 N–H and O–H groups in total. The van der Waals surface area contributed by atoms with Gasteiger partial charge in [-0.1, -0.05) is 72.8 Å². The van der Waals surface area contributed by atoms with Crippen LogP contribution in [0.1, 0.15) is 26.8 Å². The van der Waals surface area contributed by atoms with E-state index in [1.807, 2.05) is 23.1 Å². The number of benzene rings is 3. The van der Waals surface area contributed by atoms with Crippen LogP contribution in [0.15, 0.2) is 84.9 Å². The van der Waals surface area contributed by atoms with Crippen molar-refractivity contribution in [1.82, 2.24) is 0 Å². The largest absolute Gasteiger partial charge is 0.143 e. The van der Waals surface area contributed by atoms with Gasteiger partial charge in [-0.25, -0.2) is 0 Å². The van der Waals surface area contributed by atoms with Crippen LogP contribution in [0.2, 0.25) is 0 Å². The molecule has 0 saturated carbocycles. The van der Waals surface area contributed by atoms with Crippen LogP contribution in [0.5, 0.6) is 0 Å². The molecule has 1 heterocycles. The molecule has 0 aliphatic rings. The molecule has 4 rings (SSSR count). The third kappa shape index (κ3) is 3.65.